The molecule has 0 aliphatic heterocycles. The number of carbonyl (C=O) groups is 1. The minimum Gasteiger partial charge on any atom is -0.480 e. The molecule has 0 bridgehead atoms. The molecule has 134 valence electrons. The number of hydrogen-bond donors (Lipinski definition) is 1. The highest BCUT2D eigenvalue weighted by molar-refractivity contribution is 7.89. The molecule has 1 aromatic rings. The smallest absolute Gasteiger partial charge is 0.324 e. The van der Waals surface area contributed by atoms with Crippen LogP contribution in [0.5, 0.6) is 0 Å². The van der Waals surface area contributed by atoms with Crippen molar-refractivity contribution in [1.82, 2.24) is 4.31 Å². The maximum absolute atomic E-state index is 12.5. The molecular weight excluding hydrogens is 340 g/mol. The highest BCUT2D eigenvalue weighted by atomic mass is 32.2. The number of benzene rings is 1. The maximum Gasteiger partial charge on any atom is 0.324 e. The number of ether oxygens (including phenoxy) is 1. The van der Waals surface area contributed by atoms with Crippen LogP contribution in [0.3, 0.4) is 0 Å². The van der Waals surface area contributed by atoms with Gasteiger partial charge in [-0.05, 0) is 32.9 Å². The minimum atomic E-state index is -4.14. The number of sulfonamides is 1. The van der Waals surface area contributed by atoms with Gasteiger partial charge in [-0.25, -0.2) is 8.42 Å². The zero-order chi connectivity index (χ0) is 18.7. The maximum atomic E-state index is 12.5. The molecule has 0 heterocycles. The number of non-ortho nitro benzene ring substituents is 1. The quantitative estimate of drug-likeness (QED) is 0.576. The average molecular weight is 360 g/mol. The molecular formula is C14H20N2O7S. The Morgan fingerprint density at radius 1 is 1.33 bits per heavy atom. The van der Waals surface area contributed by atoms with Gasteiger partial charge in [-0.15, -0.1) is 0 Å². The zero-order valence-electron chi connectivity index (χ0n) is 13.8. The molecule has 0 aliphatic rings. The second-order valence-electron chi connectivity index (χ2n) is 6.05. The predicted octanol–water partition coefficient (Wildman–Crippen LogP) is 1.48. The van der Waals surface area contributed by atoms with E-state index in [0.29, 0.717) is 4.31 Å². The lowest BCUT2D eigenvalue weighted by Crippen LogP contribution is -2.46. The van der Waals surface area contributed by atoms with Crippen molar-refractivity contribution in [2.45, 2.75) is 37.3 Å². The van der Waals surface area contributed by atoms with Gasteiger partial charge in [0.1, 0.15) is 6.04 Å². The third kappa shape index (κ3) is 4.98. The van der Waals surface area contributed by atoms with Gasteiger partial charge in [0, 0.05) is 19.2 Å². The number of aliphatic carboxylic acids is 1. The Kier molecular flexibility index (Phi) is 6.04. The first kappa shape index (κ1) is 20.0. The van der Waals surface area contributed by atoms with Crippen molar-refractivity contribution < 1.29 is 28.0 Å². The molecule has 10 heteroatoms. The number of carboxylic acids is 1. The van der Waals surface area contributed by atoms with Gasteiger partial charge in [0.2, 0.25) is 10.0 Å². The van der Waals surface area contributed by atoms with Gasteiger partial charge in [0.15, 0.2) is 0 Å². The summed E-state index contributed by atoms with van der Waals surface area (Å²) in [7, 11) is -3.02. The number of hydrogen-bond acceptors (Lipinski definition) is 6. The Balaban J connectivity index is 3.09. The van der Waals surface area contributed by atoms with E-state index in [2.05, 4.69) is 0 Å². The Hall–Kier alpha value is -2.04. The van der Waals surface area contributed by atoms with E-state index in [1.807, 2.05) is 0 Å². The van der Waals surface area contributed by atoms with E-state index >= 15 is 0 Å². The van der Waals surface area contributed by atoms with Gasteiger partial charge in [0.25, 0.3) is 5.69 Å². The van der Waals surface area contributed by atoms with Crippen LogP contribution in [0, 0.1) is 10.1 Å². The van der Waals surface area contributed by atoms with Crippen LogP contribution >= 0.6 is 0 Å². The summed E-state index contributed by atoms with van der Waals surface area (Å²) in [5.74, 6) is -1.35. The summed E-state index contributed by atoms with van der Waals surface area (Å²) < 4.78 is 31.1. The molecule has 1 rings (SSSR count). The molecule has 1 N–H and O–H groups in total. The fourth-order valence-corrected chi connectivity index (χ4v) is 3.03. The second kappa shape index (κ2) is 7.24. The lowest BCUT2D eigenvalue weighted by molar-refractivity contribution is -0.384. The van der Waals surface area contributed by atoms with Gasteiger partial charge in [-0.3, -0.25) is 14.9 Å². The van der Waals surface area contributed by atoms with Crippen LogP contribution in [0.15, 0.2) is 29.2 Å². The van der Waals surface area contributed by atoms with E-state index in [-0.39, 0.29) is 17.2 Å². The molecule has 0 aromatic heterocycles. The number of nitro benzene ring substituents is 1. The first-order chi connectivity index (χ1) is 10.9. The largest absolute Gasteiger partial charge is 0.480 e. The molecule has 0 saturated heterocycles. The van der Waals surface area contributed by atoms with Gasteiger partial charge in [-0.1, -0.05) is 0 Å². The van der Waals surface area contributed by atoms with E-state index in [9.17, 15) is 28.4 Å². The van der Waals surface area contributed by atoms with Crippen LogP contribution in [0.2, 0.25) is 0 Å². The highest BCUT2D eigenvalue weighted by Gasteiger charge is 2.34. The molecule has 0 saturated carbocycles. The monoisotopic (exact) mass is 360 g/mol. The summed E-state index contributed by atoms with van der Waals surface area (Å²) in [5.41, 5.74) is -0.895. The number of rotatable bonds is 7. The fraction of sp³-hybridized carbons (Fsp3) is 0.500. The van der Waals surface area contributed by atoms with Crippen LogP contribution in [0.1, 0.15) is 20.8 Å². The zero-order valence-corrected chi connectivity index (χ0v) is 14.6. The summed E-state index contributed by atoms with van der Waals surface area (Å²) in [6.07, 6.45) is 0. The Morgan fingerprint density at radius 2 is 1.83 bits per heavy atom. The molecule has 24 heavy (non-hydrogen) atoms. The third-order valence-corrected chi connectivity index (χ3v) is 5.00. The van der Waals surface area contributed by atoms with Crippen molar-refractivity contribution in [1.29, 1.82) is 0 Å². The van der Waals surface area contributed by atoms with Crippen LogP contribution in [-0.4, -0.2) is 54.0 Å². The standard InChI is InChI=1S/C14H20N2O7S/c1-14(2,3)23-9-12(13(17)18)15(4)24(21,22)11-7-5-10(6-8-11)16(19)20/h5-8,12H,9H2,1-4H3,(H,17,18)/t12-/m0/s1. The molecule has 0 fully saturated rings. The van der Waals surface area contributed by atoms with Gasteiger partial charge >= 0.3 is 5.97 Å². The lowest BCUT2D eigenvalue weighted by atomic mass is 10.2. The number of nitrogens with zero attached hydrogens (tertiary/aromatic N) is 2. The molecule has 0 unspecified atom stereocenters. The second-order valence-corrected chi connectivity index (χ2v) is 8.05. The normalized spacial score (nSPS) is 13.7. The SMILES string of the molecule is CN([C@@H](COC(C)(C)C)C(=O)O)S(=O)(=O)c1ccc([N+](=O)[O-])cc1. The van der Waals surface area contributed by atoms with Crippen molar-refractivity contribution in [3.05, 3.63) is 34.4 Å². The minimum absolute atomic E-state index is 0.238. The first-order valence-electron chi connectivity index (χ1n) is 6.95. The topological polar surface area (TPSA) is 127 Å². The Labute approximate surface area is 140 Å². The van der Waals surface area contributed by atoms with E-state index in [1.165, 1.54) is 0 Å². The molecule has 0 spiro atoms. The third-order valence-electron chi connectivity index (χ3n) is 3.12. The van der Waals surface area contributed by atoms with Gasteiger partial charge in [0.05, 0.1) is 22.0 Å². The summed E-state index contributed by atoms with van der Waals surface area (Å²) in [5, 5.41) is 19.9. The van der Waals surface area contributed by atoms with Crippen molar-refractivity contribution in [2.75, 3.05) is 13.7 Å². The molecule has 1 aromatic carbocycles. The average Bonchev–Trinajstić information content (AvgIpc) is 2.45. The number of carboxylic acid groups (broad SMARTS) is 1. The molecule has 0 aliphatic carbocycles. The first-order valence-corrected chi connectivity index (χ1v) is 8.39. The Bertz CT molecular complexity index is 708. The summed E-state index contributed by atoms with van der Waals surface area (Å²) >= 11 is 0. The molecule has 9 nitrogen and oxygen atoms in total. The lowest BCUT2D eigenvalue weighted by Gasteiger charge is -2.27. The number of nitro groups is 1. The summed E-state index contributed by atoms with van der Waals surface area (Å²) in [4.78, 5) is 21.1. The van der Waals surface area contributed by atoms with E-state index < -0.39 is 32.6 Å². The van der Waals surface area contributed by atoms with Crippen LogP contribution in [0.4, 0.5) is 5.69 Å². The number of likely N-dealkylation sites (N-methyl/N-ethyl adjacent to an activating group) is 1. The fourth-order valence-electron chi connectivity index (χ4n) is 1.73. The molecule has 0 radical (unpaired) electrons. The van der Waals surface area contributed by atoms with E-state index in [1.54, 1.807) is 20.8 Å². The Morgan fingerprint density at radius 3 is 2.21 bits per heavy atom. The van der Waals surface area contributed by atoms with Crippen molar-refractivity contribution in [2.24, 2.45) is 0 Å². The summed E-state index contributed by atoms with van der Waals surface area (Å²) in [6.45, 7) is 4.83. The van der Waals surface area contributed by atoms with E-state index in [0.717, 1.165) is 31.3 Å². The van der Waals surface area contributed by atoms with Crippen LogP contribution < -0.4 is 0 Å². The molecule has 0 amide bonds. The predicted molar refractivity (Wildman–Crippen MR) is 85.2 cm³/mol. The molecule has 1 atom stereocenters. The van der Waals surface area contributed by atoms with Crippen molar-refractivity contribution in [3.63, 3.8) is 0 Å². The highest BCUT2D eigenvalue weighted by Crippen LogP contribution is 2.21. The van der Waals surface area contributed by atoms with Gasteiger partial charge < -0.3 is 9.84 Å². The van der Waals surface area contributed by atoms with Crippen molar-refractivity contribution in [3.8, 4) is 0 Å². The summed E-state index contributed by atoms with van der Waals surface area (Å²) in [6, 6.07) is 2.79. The van der Waals surface area contributed by atoms with Gasteiger partial charge in [-0.2, -0.15) is 4.31 Å². The van der Waals surface area contributed by atoms with E-state index in [4.69, 9.17) is 4.74 Å². The van der Waals surface area contributed by atoms with Crippen LogP contribution in [-0.2, 0) is 19.6 Å². The van der Waals surface area contributed by atoms with Crippen LogP contribution in [0.25, 0.3) is 0 Å². The van der Waals surface area contributed by atoms with Crippen molar-refractivity contribution >= 4 is 21.7 Å².